The van der Waals surface area contributed by atoms with E-state index in [9.17, 15) is 41.5 Å². The summed E-state index contributed by atoms with van der Waals surface area (Å²) in [6.07, 6.45) is -13.6. The Bertz CT molecular complexity index is 3230. The summed E-state index contributed by atoms with van der Waals surface area (Å²) in [5.41, 5.74) is -6.55. The predicted molar refractivity (Wildman–Crippen MR) is 305 cm³/mol. The van der Waals surface area contributed by atoms with Crippen LogP contribution in [0.3, 0.4) is 0 Å². The number of nitrogens with zero attached hydrogens (tertiary/aromatic N) is 4. The van der Waals surface area contributed by atoms with Crippen LogP contribution in [-0.2, 0) is 19.2 Å². The second kappa shape index (κ2) is 26.0. The van der Waals surface area contributed by atoms with Gasteiger partial charge in [0.25, 0.3) is 0 Å². The van der Waals surface area contributed by atoms with Crippen molar-refractivity contribution >= 4 is 45.4 Å². The summed E-state index contributed by atoms with van der Waals surface area (Å²) in [4.78, 5) is 63.6. The van der Waals surface area contributed by atoms with Crippen LogP contribution in [0.25, 0.3) is 22.3 Å². The summed E-state index contributed by atoms with van der Waals surface area (Å²) in [6.45, 7) is 0. The van der Waals surface area contributed by atoms with E-state index < -0.39 is 75.3 Å². The highest BCUT2D eigenvalue weighted by Gasteiger charge is 2.65. The second-order valence-corrected chi connectivity index (χ2v) is 18.4. The number of carbonyl (C=O) groups is 4. The molecule has 0 amide bonds. The fraction of sp³-hybridized carbons (Fsp3) is 0.0725. The molecule has 0 heterocycles. The number of carbonyl (C=O) groups excluding carboxylic acids is 4. The minimum absolute atomic E-state index is 0.145. The molecule has 392 valence electrons. The zero-order valence-corrected chi connectivity index (χ0v) is 43.1. The molecule has 8 rings (SSSR count). The van der Waals surface area contributed by atoms with Crippen molar-refractivity contribution in [2.75, 3.05) is 0 Å². The van der Waals surface area contributed by atoms with E-state index in [0.29, 0.717) is 0 Å². The van der Waals surface area contributed by atoms with Crippen molar-refractivity contribution < 1.29 is 39.6 Å². The van der Waals surface area contributed by atoms with Gasteiger partial charge in [-0.05, 0) is 44.5 Å². The lowest BCUT2D eigenvalue weighted by Gasteiger charge is -2.45. The van der Waals surface area contributed by atoms with Gasteiger partial charge < -0.3 is 20.4 Å². The van der Waals surface area contributed by atoms with Crippen LogP contribution in [0, 0.1) is 50.7 Å². The number of rotatable bonds is 20. The molecule has 12 nitrogen and oxygen atoms in total. The summed E-state index contributed by atoms with van der Waals surface area (Å²) in [5.74, 6) is -6.99. The molecule has 4 atom stereocenters. The molecule has 81 heavy (non-hydrogen) atoms. The average molecular weight is 1060 g/mol. The van der Waals surface area contributed by atoms with Gasteiger partial charge in [0.1, 0.15) is 76.4 Å². The van der Waals surface area contributed by atoms with E-state index >= 15 is 19.2 Å². The van der Waals surface area contributed by atoms with Crippen molar-refractivity contribution in [3.8, 4) is 24.3 Å². The Kier molecular flexibility index (Phi) is 18.1. The van der Waals surface area contributed by atoms with Gasteiger partial charge in [0.2, 0.25) is 23.1 Å². The van der Waals surface area contributed by atoms with E-state index in [-0.39, 0.29) is 66.8 Å². The zero-order valence-electron chi connectivity index (χ0n) is 43.1. The lowest BCUT2D eigenvalue weighted by Crippen LogP contribution is -2.68. The molecular weight excluding hydrogens is 1010 g/mol. The molecule has 0 radical (unpaired) electrons. The van der Waals surface area contributed by atoms with E-state index in [1.54, 1.807) is 146 Å². The van der Waals surface area contributed by atoms with Gasteiger partial charge in [-0.25, -0.2) is 0 Å². The molecule has 0 fully saturated rings. The van der Waals surface area contributed by atoms with Crippen LogP contribution >= 0.6 is 0 Å². The number of Topliss-reactive ketones (excluding diaryl/α,β-unsaturated/α-hetero) is 4. The molecule has 0 spiro atoms. The summed E-state index contributed by atoms with van der Waals surface area (Å²) >= 11 is 0. The lowest BCUT2D eigenvalue weighted by atomic mass is 9.61. The van der Waals surface area contributed by atoms with Crippen molar-refractivity contribution in [3.63, 3.8) is 0 Å². The van der Waals surface area contributed by atoms with Crippen molar-refractivity contribution in [1.82, 2.24) is 0 Å². The molecule has 0 saturated heterocycles. The standard InChI is InChI=1S/C69H48N4O8/c70-41-53(57(45-25-9-1-10-26-45)46-27-11-2-12-28-46)61(74)65(78)69(66(79)62(75)54(42-71)58(47-29-13-3-14-30-47)48-31-15-4-16-32-48,67(80)63(76)55(43-72)59(49-33-17-5-18-34-49)50-35-19-6-20-36-50)68(81)64(77)56(44-73)60(51-37-21-7-22-38-51)52-39-23-8-24-40-52/h1-40,65-68,78-81H. The van der Waals surface area contributed by atoms with Gasteiger partial charge >= 0.3 is 0 Å². The molecule has 0 aliphatic heterocycles. The monoisotopic (exact) mass is 1060 g/mol. The molecule has 0 bridgehead atoms. The fourth-order valence-electron chi connectivity index (χ4n) is 9.95. The minimum atomic E-state index is -4.06. The first-order chi connectivity index (χ1) is 39.4. The quantitative estimate of drug-likeness (QED) is 0.0412. The summed E-state index contributed by atoms with van der Waals surface area (Å²) in [7, 11) is 0. The number of hydrogen-bond acceptors (Lipinski definition) is 12. The third-order valence-electron chi connectivity index (χ3n) is 13.8. The molecule has 8 aromatic carbocycles. The van der Waals surface area contributed by atoms with Crippen molar-refractivity contribution in [1.29, 1.82) is 21.0 Å². The van der Waals surface area contributed by atoms with Crippen LogP contribution < -0.4 is 0 Å². The van der Waals surface area contributed by atoms with Gasteiger partial charge in [-0.15, -0.1) is 0 Å². The highest BCUT2D eigenvalue weighted by Crippen LogP contribution is 2.45. The SMILES string of the molecule is N#CC(C(=O)C(O)C(C(O)C(=O)C(C#N)=C(c1ccccc1)c1ccccc1)(C(O)C(=O)C(C#N)=C(c1ccccc1)c1ccccc1)C(O)C(=O)C(C#N)=C(c1ccccc1)c1ccccc1)=C(c1ccccc1)c1ccccc1. The molecular formula is C69H48N4O8. The summed E-state index contributed by atoms with van der Waals surface area (Å²) in [5, 5.41) is 98.7. The molecule has 12 heteroatoms. The topological polar surface area (TPSA) is 244 Å². The predicted octanol–water partition coefficient (Wildman–Crippen LogP) is 9.80. The summed E-state index contributed by atoms with van der Waals surface area (Å²) in [6, 6.07) is 70.7. The van der Waals surface area contributed by atoms with Gasteiger partial charge in [0.15, 0.2) is 0 Å². The Morgan fingerprint density at radius 2 is 0.383 bits per heavy atom. The number of hydrogen-bond donors (Lipinski definition) is 4. The smallest absolute Gasteiger partial charge is 0.203 e. The van der Waals surface area contributed by atoms with Gasteiger partial charge in [-0.2, -0.15) is 21.0 Å². The van der Waals surface area contributed by atoms with Gasteiger partial charge in [-0.1, -0.05) is 243 Å². The maximum Gasteiger partial charge on any atom is 0.203 e. The van der Waals surface area contributed by atoms with Gasteiger partial charge in [-0.3, -0.25) is 19.2 Å². The first-order valence-electron chi connectivity index (χ1n) is 25.3. The van der Waals surface area contributed by atoms with Crippen molar-refractivity contribution in [2.45, 2.75) is 24.4 Å². The maximum absolute atomic E-state index is 15.9. The number of ketones is 4. The average Bonchev–Trinajstić information content (AvgIpc) is 3.57. The largest absolute Gasteiger partial charge is 0.384 e. The van der Waals surface area contributed by atoms with Crippen LogP contribution in [0.15, 0.2) is 265 Å². The van der Waals surface area contributed by atoms with E-state index in [2.05, 4.69) is 0 Å². The Morgan fingerprint density at radius 1 is 0.259 bits per heavy atom. The van der Waals surface area contributed by atoms with E-state index in [1.165, 1.54) is 97.1 Å². The third-order valence-corrected chi connectivity index (χ3v) is 13.8. The number of aliphatic hydroxyl groups is 4. The van der Waals surface area contributed by atoms with Crippen LogP contribution in [0.4, 0.5) is 0 Å². The summed E-state index contributed by atoms with van der Waals surface area (Å²) < 4.78 is 0. The number of benzene rings is 8. The van der Waals surface area contributed by atoms with Crippen LogP contribution in [-0.4, -0.2) is 68.0 Å². The van der Waals surface area contributed by atoms with Crippen molar-refractivity contribution in [3.05, 3.63) is 309 Å². The lowest BCUT2D eigenvalue weighted by molar-refractivity contribution is -0.195. The van der Waals surface area contributed by atoms with Gasteiger partial charge in [0.05, 0.1) is 0 Å². The fourth-order valence-corrected chi connectivity index (χ4v) is 9.95. The Balaban J connectivity index is 1.54. The van der Waals surface area contributed by atoms with Gasteiger partial charge in [0, 0.05) is 22.3 Å². The highest BCUT2D eigenvalue weighted by atomic mass is 16.3. The zero-order chi connectivity index (χ0) is 57.5. The Morgan fingerprint density at radius 3 is 0.494 bits per heavy atom. The normalized spacial score (nSPS) is 12.7. The third kappa shape index (κ3) is 11.5. The van der Waals surface area contributed by atoms with Crippen LogP contribution in [0.1, 0.15) is 44.5 Å². The number of nitriles is 4. The van der Waals surface area contributed by atoms with Crippen LogP contribution in [0.5, 0.6) is 0 Å². The molecule has 4 N–H and O–H groups in total. The van der Waals surface area contributed by atoms with Crippen LogP contribution in [0.2, 0.25) is 0 Å². The number of aliphatic hydroxyl groups excluding tert-OH is 4. The first kappa shape index (κ1) is 56.4. The van der Waals surface area contributed by atoms with E-state index in [1.807, 2.05) is 24.3 Å². The van der Waals surface area contributed by atoms with E-state index in [0.717, 1.165) is 0 Å². The Hall–Kier alpha value is -10.8. The highest BCUT2D eigenvalue weighted by molar-refractivity contribution is 6.19. The molecule has 0 aromatic heterocycles. The molecule has 0 saturated carbocycles. The Labute approximate surface area is 467 Å². The maximum atomic E-state index is 15.9. The van der Waals surface area contributed by atoms with Crippen molar-refractivity contribution in [2.24, 2.45) is 5.41 Å². The molecule has 0 aliphatic carbocycles. The molecule has 0 aliphatic rings. The molecule has 4 unspecified atom stereocenters. The van der Waals surface area contributed by atoms with E-state index in [4.69, 9.17) is 0 Å². The molecule has 8 aromatic rings. The minimum Gasteiger partial charge on any atom is -0.384 e. The second-order valence-electron chi connectivity index (χ2n) is 18.4. The first-order valence-corrected chi connectivity index (χ1v) is 25.3.